The first-order valence-electron chi connectivity index (χ1n) is 14.0. The van der Waals surface area contributed by atoms with Crippen LogP contribution in [0.1, 0.15) is 99.8 Å². The zero-order valence-electron chi connectivity index (χ0n) is 22.7. The molecule has 0 heterocycles. The minimum absolute atomic E-state index is 0.0333. The molecule has 0 aromatic heterocycles. The molecular weight excluding hydrogens is 424 g/mol. The molecule has 0 spiro atoms. The van der Waals surface area contributed by atoms with E-state index in [1.165, 1.54) is 18.4 Å². The Morgan fingerprint density at radius 3 is 2.15 bits per heavy atom. The summed E-state index contributed by atoms with van der Waals surface area (Å²) in [5.74, 6) is 1.22. The van der Waals surface area contributed by atoms with Crippen LogP contribution in [0.25, 0.3) is 0 Å². The maximum atomic E-state index is 11.3. The summed E-state index contributed by atoms with van der Waals surface area (Å²) in [5, 5.41) is 43.9. The molecule has 4 nitrogen and oxygen atoms in total. The van der Waals surface area contributed by atoms with Gasteiger partial charge in [-0.15, -0.1) is 0 Å². The molecule has 0 saturated heterocycles. The number of hydrogen-bond acceptors (Lipinski definition) is 4. The molecule has 0 radical (unpaired) electrons. The molecule has 194 valence electrons. The van der Waals surface area contributed by atoms with E-state index in [4.69, 9.17) is 0 Å². The molecule has 4 fully saturated rings. The molecule has 5 rings (SSSR count). The van der Waals surface area contributed by atoms with Gasteiger partial charge >= 0.3 is 0 Å². The van der Waals surface area contributed by atoms with Crippen LogP contribution in [-0.2, 0) is 0 Å². The highest BCUT2D eigenvalue weighted by atomic mass is 16.3. The molecule has 0 amide bonds. The van der Waals surface area contributed by atoms with E-state index in [1.54, 1.807) is 0 Å². The fourth-order valence-corrected chi connectivity index (χ4v) is 10.8. The summed E-state index contributed by atoms with van der Waals surface area (Å²) in [5.41, 5.74) is 0.801. The highest BCUT2D eigenvalue weighted by Gasteiger charge is 2.69. The second-order valence-corrected chi connectivity index (χ2v) is 15.2. The van der Waals surface area contributed by atoms with Crippen molar-refractivity contribution in [2.24, 2.45) is 50.2 Å². The number of allylic oxidation sites excluding steroid dienone is 2. The van der Waals surface area contributed by atoms with Crippen LogP contribution in [0.15, 0.2) is 11.6 Å². The molecule has 5 aliphatic carbocycles. The quantitative estimate of drug-likeness (QED) is 0.399. The summed E-state index contributed by atoms with van der Waals surface area (Å²) in [6, 6.07) is 0. The standard InChI is InChI=1S/C30H50O4/c1-25(2)16-19-18-8-9-21-27(5)12-11-22(32)26(3,4)20(27)10-13-29(21,7)28(18,6)14-15-30(19,17-31)24(34)23(25)33/h8,19-24,31-34H,9-17H2,1-7H3/t19-,20-,21-,22+,23+,24+,27+,28-,29-,30+/m1/s1. The third kappa shape index (κ3) is 2.81. The summed E-state index contributed by atoms with van der Waals surface area (Å²) < 4.78 is 0. The van der Waals surface area contributed by atoms with Gasteiger partial charge in [0.05, 0.1) is 24.9 Å². The summed E-state index contributed by atoms with van der Waals surface area (Å²) in [7, 11) is 0. The summed E-state index contributed by atoms with van der Waals surface area (Å²) in [6.45, 7) is 16.2. The third-order valence-corrected chi connectivity index (χ3v) is 13.4. The van der Waals surface area contributed by atoms with E-state index in [1.807, 2.05) is 0 Å². The van der Waals surface area contributed by atoms with Crippen molar-refractivity contribution in [3.63, 3.8) is 0 Å². The Hall–Kier alpha value is -0.420. The lowest BCUT2D eigenvalue weighted by molar-refractivity contribution is -0.227. The molecule has 0 bridgehead atoms. The van der Waals surface area contributed by atoms with Gasteiger partial charge < -0.3 is 20.4 Å². The van der Waals surface area contributed by atoms with Crippen molar-refractivity contribution < 1.29 is 20.4 Å². The largest absolute Gasteiger partial charge is 0.396 e. The maximum Gasteiger partial charge on any atom is 0.0888 e. The highest BCUT2D eigenvalue weighted by Crippen LogP contribution is 2.75. The summed E-state index contributed by atoms with van der Waals surface area (Å²) in [6.07, 6.45) is 8.54. The molecule has 4 heteroatoms. The van der Waals surface area contributed by atoms with Crippen molar-refractivity contribution >= 4 is 0 Å². The Labute approximate surface area is 207 Å². The first kappa shape index (κ1) is 25.2. The lowest BCUT2D eigenvalue weighted by Crippen LogP contribution is -2.67. The third-order valence-electron chi connectivity index (χ3n) is 13.4. The molecule has 4 saturated carbocycles. The van der Waals surface area contributed by atoms with Crippen molar-refractivity contribution in [3.8, 4) is 0 Å². The van der Waals surface area contributed by atoms with Crippen molar-refractivity contribution in [1.29, 1.82) is 0 Å². The van der Waals surface area contributed by atoms with Crippen molar-refractivity contribution in [3.05, 3.63) is 11.6 Å². The normalized spacial score (nSPS) is 55.8. The number of aliphatic hydroxyl groups excluding tert-OH is 4. The summed E-state index contributed by atoms with van der Waals surface area (Å²) >= 11 is 0. The fourth-order valence-electron chi connectivity index (χ4n) is 10.8. The number of hydrogen-bond donors (Lipinski definition) is 4. The zero-order chi connectivity index (χ0) is 25.1. The molecule has 10 atom stereocenters. The van der Waals surface area contributed by atoms with E-state index in [0.717, 1.165) is 38.5 Å². The van der Waals surface area contributed by atoms with Gasteiger partial charge in [0.25, 0.3) is 0 Å². The maximum absolute atomic E-state index is 11.3. The topological polar surface area (TPSA) is 80.9 Å². The van der Waals surface area contributed by atoms with E-state index >= 15 is 0 Å². The Kier molecular flexibility index (Phi) is 5.44. The lowest BCUT2D eigenvalue weighted by Gasteiger charge is -2.72. The van der Waals surface area contributed by atoms with Crippen LogP contribution >= 0.6 is 0 Å². The zero-order valence-corrected chi connectivity index (χ0v) is 22.7. The van der Waals surface area contributed by atoms with Gasteiger partial charge in [-0.3, -0.25) is 0 Å². The smallest absolute Gasteiger partial charge is 0.0888 e. The van der Waals surface area contributed by atoms with E-state index < -0.39 is 17.6 Å². The molecular formula is C30H50O4. The van der Waals surface area contributed by atoms with Gasteiger partial charge in [-0.1, -0.05) is 60.1 Å². The van der Waals surface area contributed by atoms with Gasteiger partial charge in [0.1, 0.15) is 0 Å². The predicted octanol–water partition coefficient (Wildman–Crippen LogP) is 5.08. The van der Waals surface area contributed by atoms with Crippen molar-refractivity contribution in [2.75, 3.05) is 6.61 Å². The first-order valence-corrected chi connectivity index (χ1v) is 14.0. The molecule has 4 N–H and O–H groups in total. The van der Waals surface area contributed by atoms with Crippen LogP contribution in [0.3, 0.4) is 0 Å². The first-order chi connectivity index (χ1) is 15.6. The van der Waals surface area contributed by atoms with Gasteiger partial charge in [-0.2, -0.15) is 0 Å². The number of rotatable bonds is 1. The van der Waals surface area contributed by atoms with Crippen LogP contribution in [-0.4, -0.2) is 45.3 Å². The van der Waals surface area contributed by atoms with Gasteiger partial charge in [-0.25, -0.2) is 0 Å². The number of fused-ring (bicyclic) bond motifs is 7. The predicted molar refractivity (Wildman–Crippen MR) is 135 cm³/mol. The van der Waals surface area contributed by atoms with E-state index in [2.05, 4.69) is 54.5 Å². The molecule has 5 aliphatic rings. The number of aliphatic hydroxyl groups is 4. The highest BCUT2D eigenvalue weighted by molar-refractivity contribution is 5.35. The minimum atomic E-state index is -0.892. The van der Waals surface area contributed by atoms with Gasteiger partial charge in [0.2, 0.25) is 0 Å². The second kappa shape index (κ2) is 7.33. The van der Waals surface area contributed by atoms with Crippen LogP contribution in [0.4, 0.5) is 0 Å². The van der Waals surface area contributed by atoms with Gasteiger partial charge in [-0.05, 0) is 96.2 Å². The lowest BCUT2D eigenvalue weighted by atomic mass is 9.33. The molecule has 0 aliphatic heterocycles. The van der Waals surface area contributed by atoms with E-state index in [0.29, 0.717) is 11.8 Å². The fraction of sp³-hybridized carbons (Fsp3) is 0.933. The van der Waals surface area contributed by atoms with Crippen molar-refractivity contribution in [1.82, 2.24) is 0 Å². The van der Waals surface area contributed by atoms with Crippen molar-refractivity contribution in [2.45, 2.75) is 118 Å². The Morgan fingerprint density at radius 2 is 1.50 bits per heavy atom. The SMILES string of the molecule is CC1(C)C[C@@H]2C3=CC[C@@H]4[C@@]5(C)CC[C@H](O)C(C)(C)[C@H]5CC[C@@]4(C)[C@]3(C)CC[C@@]2(CO)[C@@H](O)[C@@H]1O. The summed E-state index contributed by atoms with van der Waals surface area (Å²) in [4.78, 5) is 0. The Balaban J connectivity index is 1.60. The van der Waals surface area contributed by atoms with Crippen LogP contribution < -0.4 is 0 Å². The van der Waals surface area contributed by atoms with Gasteiger partial charge in [0, 0.05) is 5.41 Å². The molecule has 0 unspecified atom stereocenters. The molecule has 34 heavy (non-hydrogen) atoms. The molecule has 0 aromatic rings. The van der Waals surface area contributed by atoms with Crippen LogP contribution in [0.2, 0.25) is 0 Å². The minimum Gasteiger partial charge on any atom is -0.396 e. The molecule has 0 aromatic carbocycles. The monoisotopic (exact) mass is 474 g/mol. The van der Waals surface area contributed by atoms with E-state index in [-0.39, 0.29) is 45.7 Å². The van der Waals surface area contributed by atoms with Gasteiger partial charge in [0.15, 0.2) is 0 Å². The Bertz CT molecular complexity index is 877. The van der Waals surface area contributed by atoms with E-state index in [9.17, 15) is 20.4 Å². The average Bonchev–Trinajstić information content (AvgIpc) is 2.76. The second-order valence-electron chi connectivity index (χ2n) is 15.2. The average molecular weight is 475 g/mol. The Morgan fingerprint density at radius 1 is 0.824 bits per heavy atom. The van der Waals surface area contributed by atoms with Crippen LogP contribution in [0, 0.1) is 50.2 Å². The van der Waals surface area contributed by atoms with Crippen LogP contribution in [0.5, 0.6) is 0 Å².